The molecule has 0 saturated heterocycles. The molecule has 1 atom stereocenters. The van der Waals surface area contributed by atoms with Crippen LogP contribution in [-0.4, -0.2) is 21.1 Å². The van der Waals surface area contributed by atoms with Gasteiger partial charge >= 0.3 is 0 Å². The largest absolute Gasteiger partial charge is 0.488 e. The maximum Gasteiger partial charge on any atom is 0.124 e. The number of carbonyl (C=O) groups excluding carboxylic acids is 1. The highest BCUT2D eigenvalue weighted by Gasteiger charge is 2.17. The van der Waals surface area contributed by atoms with Crippen molar-refractivity contribution in [3.05, 3.63) is 88.2 Å². The molecule has 0 amide bonds. The molecule has 4 aromatic rings. The van der Waals surface area contributed by atoms with Crippen LogP contribution in [0.3, 0.4) is 0 Å². The van der Waals surface area contributed by atoms with E-state index in [-0.39, 0.29) is 5.92 Å². The lowest BCUT2D eigenvalue weighted by atomic mass is 9.93. The zero-order valence-corrected chi connectivity index (χ0v) is 18.7. The molecule has 31 heavy (non-hydrogen) atoms. The van der Waals surface area contributed by atoms with Crippen molar-refractivity contribution in [1.82, 2.24) is 14.8 Å². The lowest BCUT2D eigenvalue weighted by molar-refractivity contribution is -0.108. The molecule has 0 saturated carbocycles. The first-order chi connectivity index (χ1) is 15.0. The molecule has 158 valence electrons. The summed E-state index contributed by atoms with van der Waals surface area (Å²) in [6.45, 7) is 4.58. The van der Waals surface area contributed by atoms with E-state index in [0.29, 0.717) is 13.0 Å². The van der Waals surface area contributed by atoms with Crippen molar-refractivity contribution in [1.29, 1.82) is 0 Å². The van der Waals surface area contributed by atoms with E-state index in [1.54, 1.807) is 17.5 Å². The molecule has 2 aromatic heterocycles. The molecule has 2 aromatic carbocycles. The van der Waals surface area contributed by atoms with Crippen molar-refractivity contribution in [2.75, 3.05) is 0 Å². The predicted octanol–water partition coefficient (Wildman–Crippen LogP) is 5.46. The highest BCUT2D eigenvalue weighted by Crippen LogP contribution is 2.31. The van der Waals surface area contributed by atoms with E-state index in [1.807, 2.05) is 49.0 Å². The van der Waals surface area contributed by atoms with Gasteiger partial charge in [-0.15, -0.1) is 11.3 Å². The van der Waals surface area contributed by atoms with E-state index < -0.39 is 0 Å². The monoisotopic (exact) mass is 431 g/mol. The molecule has 0 aliphatic rings. The van der Waals surface area contributed by atoms with Crippen LogP contribution in [0.15, 0.2) is 60.8 Å². The maximum absolute atomic E-state index is 11.2. The van der Waals surface area contributed by atoms with Gasteiger partial charge in [-0.1, -0.05) is 42.0 Å². The normalized spacial score (nSPS) is 12.0. The van der Waals surface area contributed by atoms with Gasteiger partial charge in [0.1, 0.15) is 23.7 Å². The van der Waals surface area contributed by atoms with Crippen molar-refractivity contribution in [2.45, 2.75) is 32.8 Å². The van der Waals surface area contributed by atoms with Crippen molar-refractivity contribution in [2.24, 2.45) is 7.05 Å². The number of hydrogen-bond acceptors (Lipinski definition) is 5. The molecule has 0 aliphatic carbocycles. The van der Waals surface area contributed by atoms with Crippen LogP contribution in [0.25, 0.3) is 10.6 Å². The average Bonchev–Trinajstić information content (AvgIpc) is 3.37. The summed E-state index contributed by atoms with van der Waals surface area (Å²) in [6, 6.07) is 18.3. The Balaban J connectivity index is 1.45. The van der Waals surface area contributed by atoms with Crippen molar-refractivity contribution >= 4 is 17.6 Å². The predicted molar refractivity (Wildman–Crippen MR) is 124 cm³/mol. The number of nitrogens with zero attached hydrogens (tertiary/aromatic N) is 3. The van der Waals surface area contributed by atoms with Gasteiger partial charge in [0.15, 0.2) is 0 Å². The van der Waals surface area contributed by atoms with E-state index in [1.165, 1.54) is 5.56 Å². The Kier molecular flexibility index (Phi) is 6.28. The number of carbonyl (C=O) groups is 1. The Bertz CT molecular complexity index is 1160. The third-order valence-corrected chi connectivity index (χ3v) is 6.57. The smallest absolute Gasteiger partial charge is 0.124 e. The number of thiazole rings is 1. The van der Waals surface area contributed by atoms with E-state index >= 15 is 0 Å². The molecule has 0 spiro atoms. The van der Waals surface area contributed by atoms with Crippen LogP contribution in [0.2, 0.25) is 0 Å². The minimum atomic E-state index is -0.0140. The van der Waals surface area contributed by atoms with Crippen molar-refractivity contribution < 1.29 is 9.53 Å². The van der Waals surface area contributed by atoms with Crippen LogP contribution in [0, 0.1) is 13.8 Å². The number of aldehydes is 1. The Labute approximate surface area is 186 Å². The van der Waals surface area contributed by atoms with E-state index in [0.717, 1.165) is 44.4 Å². The standard InChI is InChI=1S/C25H25N3O2S/c1-17-4-6-20(7-5-17)25-27-18(2)24(31-25)16-30-21-10-8-19(9-11-21)22(13-15-29)23-12-14-26-28(23)3/h4-12,14-15,22H,13,16H2,1-3H3. The lowest BCUT2D eigenvalue weighted by Gasteiger charge is -2.16. The Morgan fingerprint density at radius 2 is 1.81 bits per heavy atom. The van der Waals surface area contributed by atoms with Crippen molar-refractivity contribution in [3.63, 3.8) is 0 Å². The van der Waals surface area contributed by atoms with Crippen LogP contribution in [0.1, 0.15) is 39.7 Å². The molecule has 0 bridgehead atoms. The number of hydrogen-bond donors (Lipinski definition) is 0. The van der Waals surface area contributed by atoms with Gasteiger partial charge < -0.3 is 9.53 Å². The summed E-state index contributed by atoms with van der Waals surface area (Å²) in [6.07, 6.45) is 3.13. The number of ether oxygens (including phenoxy) is 1. The summed E-state index contributed by atoms with van der Waals surface area (Å²) in [5.41, 5.74) is 5.45. The molecule has 4 rings (SSSR count). The Morgan fingerprint density at radius 3 is 2.45 bits per heavy atom. The molecule has 6 heteroatoms. The summed E-state index contributed by atoms with van der Waals surface area (Å²) in [4.78, 5) is 17.0. The number of aromatic nitrogens is 3. The van der Waals surface area contributed by atoms with Crippen LogP contribution < -0.4 is 4.74 Å². The molecule has 5 nitrogen and oxygen atoms in total. The number of rotatable bonds is 8. The van der Waals surface area contributed by atoms with Crippen LogP contribution >= 0.6 is 11.3 Å². The minimum Gasteiger partial charge on any atom is -0.488 e. The SMILES string of the molecule is Cc1ccc(-c2nc(C)c(COc3ccc(C(CC=O)c4ccnn4C)cc3)s2)cc1. The Morgan fingerprint density at radius 1 is 1.06 bits per heavy atom. The highest BCUT2D eigenvalue weighted by atomic mass is 32.1. The van der Waals surface area contributed by atoms with E-state index in [2.05, 4.69) is 36.3 Å². The fraction of sp³-hybridized carbons (Fsp3) is 0.240. The minimum absolute atomic E-state index is 0.0140. The van der Waals surface area contributed by atoms with Crippen molar-refractivity contribution in [3.8, 4) is 16.3 Å². The first kappa shape index (κ1) is 21.0. The quantitative estimate of drug-likeness (QED) is 0.348. The molecule has 1 unspecified atom stereocenters. The van der Waals surface area contributed by atoms with Gasteiger partial charge in [0, 0.05) is 36.8 Å². The summed E-state index contributed by atoms with van der Waals surface area (Å²) in [5, 5.41) is 5.25. The maximum atomic E-state index is 11.2. The second-order valence-electron chi connectivity index (χ2n) is 7.59. The number of aryl methyl sites for hydroxylation is 3. The highest BCUT2D eigenvalue weighted by molar-refractivity contribution is 7.15. The molecule has 2 heterocycles. The summed E-state index contributed by atoms with van der Waals surface area (Å²) < 4.78 is 7.85. The van der Waals surface area contributed by atoms with Gasteiger partial charge in [-0.25, -0.2) is 4.98 Å². The summed E-state index contributed by atoms with van der Waals surface area (Å²) >= 11 is 1.67. The third kappa shape index (κ3) is 4.75. The third-order valence-electron chi connectivity index (χ3n) is 5.39. The Hall–Kier alpha value is -3.25. The topological polar surface area (TPSA) is 57.0 Å². The van der Waals surface area contributed by atoms with Gasteiger partial charge in [-0.3, -0.25) is 4.68 Å². The van der Waals surface area contributed by atoms with Gasteiger partial charge in [-0.05, 0) is 37.6 Å². The van der Waals surface area contributed by atoms with Gasteiger partial charge in [0.05, 0.1) is 10.6 Å². The van der Waals surface area contributed by atoms with Gasteiger partial charge in [0.25, 0.3) is 0 Å². The average molecular weight is 432 g/mol. The van der Waals surface area contributed by atoms with E-state index in [9.17, 15) is 4.79 Å². The van der Waals surface area contributed by atoms with Gasteiger partial charge in [0.2, 0.25) is 0 Å². The molecule has 0 radical (unpaired) electrons. The lowest BCUT2D eigenvalue weighted by Crippen LogP contribution is -2.08. The first-order valence-corrected chi connectivity index (χ1v) is 11.0. The molecule has 0 N–H and O–H groups in total. The van der Waals surface area contributed by atoms with Crippen LogP contribution in [-0.2, 0) is 18.4 Å². The zero-order chi connectivity index (χ0) is 21.8. The van der Waals surface area contributed by atoms with Crippen LogP contribution in [0.4, 0.5) is 0 Å². The number of benzene rings is 2. The summed E-state index contributed by atoms with van der Waals surface area (Å²) in [5.74, 6) is 0.781. The molecule has 0 fully saturated rings. The second-order valence-corrected chi connectivity index (χ2v) is 8.67. The van der Waals surface area contributed by atoms with Crippen LogP contribution in [0.5, 0.6) is 5.75 Å². The zero-order valence-electron chi connectivity index (χ0n) is 17.9. The fourth-order valence-electron chi connectivity index (χ4n) is 3.58. The summed E-state index contributed by atoms with van der Waals surface area (Å²) in [7, 11) is 1.90. The molecular formula is C25H25N3O2S. The molecular weight excluding hydrogens is 406 g/mol. The molecule has 0 aliphatic heterocycles. The first-order valence-electron chi connectivity index (χ1n) is 10.2. The fourth-order valence-corrected chi connectivity index (χ4v) is 4.56. The second kappa shape index (κ2) is 9.27. The van der Waals surface area contributed by atoms with E-state index in [4.69, 9.17) is 9.72 Å². The van der Waals surface area contributed by atoms with Gasteiger partial charge in [-0.2, -0.15) is 5.10 Å².